The Morgan fingerprint density at radius 2 is 0.727 bits per heavy atom. The molecule has 0 bridgehead atoms. The Morgan fingerprint density at radius 3 is 1.08 bits per heavy atom. The van der Waals surface area contributed by atoms with Crippen molar-refractivity contribution in [1.29, 1.82) is 0 Å². The van der Waals surface area contributed by atoms with Gasteiger partial charge < -0.3 is 40.9 Å². The topological polar surface area (TPSA) is 298 Å². The highest BCUT2D eigenvalue weighted by Gasteiger charge is 2.39. The Balaban J connectivity index is 0.000000504. The summed E-state index contributed by atoms with van der Waals surface area (Å²) in [5.41, 5.74) is 5.25. The molecule has 0 spiro atoms. The predicted molar refractivity (Wildman–Crippen MR) is 329 cm³/mol. The maximum atomic E-state index is 11.8. The summed E-state index contributed by atoms with van der Waals surface area (Å²) in [4.78, 5) is 86.7. The molecule has 8 aromatic rings. The van der Waals surface area contributed by atoms with Gasteiger partial charge in [-0.05, 0) is 224 Å². The fourth-order valence-electron chi connectivity index (χ4n) is 6.76. The number of benzene rings is 8. The lowest BCUT2D eigenvalue weighted by Gasteiger charge is -2.04. The van der Waals surface area contributed by atoms with Crippen molar-refractivity contribution in [3.05, 3.63) is 238 Å². The average molecular weight is 1210 g/mol. The number of carbonyl (C=O) groups is 8. The molecule has 88 heavy (non-hydrogen) atoms. The van der Waals surface area contributed by atoms with Crippen molar-refractivity contribution in [2.45, 2.75) is 87.8 Å². The van der Waals surface area contributed by atoms with Gasteiger partial charge in [0.05, 0.1) is 5.56 Å². The second-order valence-electron chi connectivity index (χ2n) is 18.8. The third-order valence-corrected chi connectivity index (χ3v) is 11.6. The number of Topliss-reactive ketones (excluding diaryl/α,β-unsaturated/α-hetero) is 8. The molecule has 0 saturated heterocycles. The van der Waals surface area contributed by atoms with Gasteiger partial charge in [-0.2, -0.15) is 13.2 Å². The molecule has 8 aromatic carbocycles. The lowest BCUT2D eigenvalue weighted by molar-refractivity contribution is -0.0885. The molecule has 0 unspecified atom stereocenters. The van der Waals surface area contributed by atoms with Crippen molar-refractivity contribution in [3.63, 3.8) is 0 Å². The Labute approximate surface area is 508 Å². The molecule has 0 aliphatic rings. The van der Waals surface area contributed by atoms with E-state index in [1.165, 1.54) is 101 Å². The van der Waals surface area contributed by atoms with Crippen molar-refractivity contribution in [1.82, 2.24) is 0 Å². The molecule has 0 aliphatic heterocycles. The van der Waals surface area contributed by atoms with Crippen LogP contribution < -0.4 is 0 Å². The molecular formula is C69H71F3O16. The molecule has 8 rings (SSSR count). The monoisotopic (exact) mass is 1210 g/mol. The van der Waals surface area contributed by atoms with Crippen LogP contribution in [0.5, 0.6) is 46.0 Å². The fourth-order valence-corrected chi connectivity index (χ4v) is 6.76. The van der Waals surface area contributed by atoms with Gasteiger partial charge in [0.2, 0.25) is 0 Å². The standard InChI is InChI=1S/C10H12O2.3C9H10O2.C8H5F3O2.3C8H8O2/c1-2-3-10(12)8-4-6-9(11)7-5-8;1-6-5-8(11)3-4-9(6)7(2)10;1-6-5-8(7(2)10)3-4-9(6)11;1-2-9(11)7-3-5-8(10)6-4-7;9-8(10,11)7(13)5-1-3-6(12)4-2-5;1-6(9)7-2-4-8(10)5-3-7;1-6(9)7-3-2-4-8(10)5-7;1-6(9)7-4-2-3-5-8(7)10/h4-7,11H,2-3H2,1H3;2*3-5,11H,1-2H3;3-6,10H,2H2,1H3;1-4,12H;3*2-5,10H,1H3. The first-order valence-corrected chi connectivity index (χ1v) is 26.8. The zero-order valence-electron chi connectivity index (χ0n) is 49.9. The number of alkyl halides is 3. The van der Waals surface area contributed by atoms with E-state index < -0.39 is 17.5 Å². The number of hydrogen-bond acceptors (Lipinski definition) is 16. The van der Waals surface area contributed by atoms with E-state index in [9.17, 15) is 51.5 Å². The Morgan fingerprint density at radius 1 is 0.341 bits per heavy atom. The number of hydrogen-bond donors (Lipinski definition) is 8. The van der Waals surface area contributed by atoms with Gasteiger partial charge in [0.1, 0.15) is 46.0 Å². The Hall–Kier alpha value is -10.7. The van der Waals surface area contributed by atoms with Crippen LogP contribution in [0.1, 0.15) is 162 Å². The fraction of sp³-hybridized carbons (Fsp3) is 0.188. The molecule has 8 N–H and O–H groups in total. The summed E-state index contributed by atoms with van der Waals surface area (Å²) < 4.78 is 35.5. The van der Waals surface area contributed by atoms with E-state index >= 15 is 0 Å². The highest BCUT2D eigenvalue weighted by atomic mass is 19.4. The van der Waals surface area contributed by atoms with Crippen LogP contribution >= 0.6 is 0 Å². The number of phenolic OH excluding ortho intramolecular Hbond substituents is 8. The van der Waals surface area contributed by atoms with Gasteiger partial charge in [-0.3, -0.25) is 38.4 Å². The van der Waals surface area contributed by atoms with Gasteiger partial charge in [-0.25, -0.2) is 0 Å². The summed E-state index contributed by atoms with van der Waals surface area (Å²) in [5.74, 6) is -0.741. The number of para-hydroxylation sites is 1. The van der Waals surface area contributed by atoms with Crippen LogP contribution in [0.4, 0.5) is 13.2 Å². The molecule has 0 amide bonds. The third-order valence-electron chi connectivity index (χ3n) is 11.6. The molecule has 0 aromatic heterocycles. The van der Waals surface area contributed by atoms with Gasteiger partial charge in [-0.1, -0.05) is 38.1 Å². The van der Waals surface area contributed by atoms with Crippen LogP contribution in [0.25, 0.3) is 0 Å². The molecule has 0 heterocycles. The molecule has 464 valence electrons. The minimum absolute atomic E-state index is 0.0139. The number of halogens is 3. The first-order valence-electron chi connectivity index (χ1n) is 26.8. The smallest absolute Gasteiger partial charge is 0.454 e. The summed E-state index contributed by atoms with van der Waals surface area (Å²) in [6.07, 6.45) is -2.92. The molecule has 0 aliphatic carbocycles. The predicted octanol–water partition coefficient (Wildman–Crippen LogP) is 15.1. The highest BCUT2D eigenvalue weighted by Crippen LogP contribution is 2.23. The Bertz CT molecular complexity index is 3570. The number of phenols is 8. The molecule has 0 radical (unpaired) electrons. The first-order chi connectivity index (χ1) is 41.2. The second kappa shape index (κ2) is 38.3. The van der Waals surface area contributed by atoms with E-state index in [1.54, 1.807) is 105 Å². The zero-order valence-corrected chi connectivity index (χ0v) is 49.9. The summed E-state index contributed by atoms with van der Waals surface area (Å²) in [6, 6.07) is 45.1. The molecule has 16 nitrogen and oxygen atoms in total. The highest BCUT2D eigenvalue weighted by molar-refractivity contribution is 6.01. The van der Waals surface area contributed by atoms with Crippen molar-refractivity contribution < 1.29 is 92.4 Å². The van der Waals surface area contributed by atoms with Crippen LogP contribution in [0.2, 0.25) is 0 Å². The maximum absolute atomic E-state index is 11.8. The molecular weight excluding hydrogens is 1140 g/mol. The van der Waals surface area contributed by atoms with Crippen molar-refractivity contribution >= 4 is 46.3 Å². The minimum Gasteiger partial charge on any atom is -0.508 e. The van der Waals surface area contributed by atoms with Gasteiger partial charge >= 0.3 is 6.18 Å². The van der Waals surface area contributed by atoms with E-state index in [-0.39, 0.29) is 86.5 Å². The SMILES string of the molecule is CC(=O)c1ccc(O)c(C)c1.CC(=O)c1ccc(O)cc1.CC(=O)c1ccc(O)cc1C.CC(=O)c1cccc(O)c1.CC(=O)c1ccccc1O.CCC(=O)c1ccc(O)cc1.CCCC(=O)c1ccc(O)cc1.O=C(c1ccc(O)cc1)C(F)(F)F. The van der Waals surface area contributed by atoms with E-state index in [0.717, 1.165) is 41.8 Å². The molecule has 19 heteroatoms. The van der Waals surface area contributed by atoms with Crippen molar-refractivity contribution in [2.24, 2.45) is 0 Å². The van der Waals surface area contributed by atoms with Crippen LogP contribution in [0, 0.1) is 13.8 Å². The summed E-state index contributed by atoms with van der Waals surface area (Å²) in [7, 11) is 0. The number of aromatic hydroxyl groups is 8. The Kier molecular flexibility index (Phi) is 32.8. The van der Waals surface area contributed by atoms with Gasteiger partial charge in [0, 0.05) is 51.8 Å². The van der Waals surface area contributed by atoms with Crippen LogP contribution in [-0.2, 0) is 0 Å². The number of carbonyl (C=O) groups excluding carboxylic acids is 8. The quantitative estimate of drug-likeness (QED) is 0.0558. The third kappa shape index (κ3) is 29.2. The van der Waals surface area contributed by atoms with Crippen molar-refractivity contribution in [2.75, 3.05) is 0 Å². The minimum atomic E-state index is -4.86. The lowest BCUT2D eigenvalue weighted by Crippen LogP contribution is -2.22. The normalized spacial score (nSPS) is 9.77. The maximum Gasteiger partial charge on any atom is 0.454 e. The molecule has 0 saturated carbocycles. The number of rotatable bonds is 11. The van der Waals surface area contributed by atoms with Gasteiger partial charge in [-0.15, -0.1) is 0 Å². The summed E-state index contributed by atoms with van der Waals surface area (Å²) in [5, 5.41) is 71.5. The summed E-state index contributed by atoms with van der Waals surface area (Å²) in [6.45, 7) is 14.8. The number of ketones is 8. The molecule has 0 fully saturated rings. The van der Waals surface area contributed by atoms with E-state index in [2.05, 4.69) is 0 Å². The lowest BCUT2D eigenvalue weighted by atomic mass is 10.1. The zero-order chi connectivity index (χ0) is 66.8. The van der Waals surface area contributed by atoms with E-state index in [4.69, 9.17) is 40.9 Å². The van der Waals surface area contributed by atoms with Crippen molar-refractivity contribution in [3.8, 4) is 46.0 Å². The summed E-state index contributed by atoms with van der Waals surface area (Å²) >= 11 is 0. The first kappa shape index (κ1) is 75.3. The van der Waals surface area contributed by atoms with Gasteiger partial charge in [0.25, 0.3) is 5.78 Å². The van der Waals surface area contributed by atoms with Gasteiger partial charge in [0.15, 0.2) is 40.5 Å². The average Bonchev–Trinajstić information content (AvgIpc) is 3.61. The van der Waals surface area contributed by atoms with Crippen LogP contribution in [-0.4, -0.2) is 93.3 Å². The molecule has 0 atom stereocenters. The largest absolute Gasteiger partial charge is 0.508 e. The van der Waals surface area contributed by atoms with E-state index in [1.807, 2.05) is 13.8 Å². The second-order valence-corrected chi connectivity index (χ2v) is 18.8. The van der Waals surface area contributed by atoms with Crippen LogP contribution in [0.3, 0.4) is 0 Å². The van der Waals surface area contributed by atoms with Crippen LogP contribution in [0.15, 0.2) is 182 Å². The number of aryl methyl sites for hydroxylation is 2. The van der Waals surface area contributed by atoms with E-state index in [0.29, 0.717) is 51.8 Å².